The Kier molecular flexibility index (Phi) is 2.94. The lowest BCUT2D eigenvalue weighted by Crippen LogP contribution is -2.12. The molecule has 5 nitrogen and oxygen atoms in total. The van der Waals surface area contributed by atoms with Crippen LogP contribution in [0.3, 0.4) is 0 Å². The molecule has 2 aromatic carbocycles. The van der Waals surface area contributed by atoms with E-state index in [1.165, 1.54) is 0 Å². The average Bonchev–Trinajstić information content (AvgIpc) is 2.86. The van der Waals surface area contributed by atoms with Crippen molar-refractivity contribution in [3.63, 3.8) is 0 Å². The Bertz CT molecular complexity index is 852. The number of hydrogen-bond acceptors (Lipinski definition) is 3. The van der Waals surface area contributed by atoms with Gasteiger partial charge in [0.2, 0.25) is 0 Å². The van der Waals surface area contributed by atoms with Crippen molar-refractivity contribution in [3.8, 4) is 0 Å². The molecule has 0 radical (unpaired) electrons. The summed E-state index contributed by atoms with van der Waals surface area (Å²) in [6, 6.07) is 11.9. The second kappa shape index (κ2) is 4.64. The molecule has 102 valence electrons. The normalized spacial score (nSPS) is 11.7. The van der Waals surface area contributed by atoms with Crippen LogP contribution in [-0.4, -0.2) is 18.4 Å². The zero-order valence-corrected chi connectivity index (χ0v) is 11.6. The monoisotopic (exact) mass is 287 g/mol. The maximum absolute atomic E-state index is 12.3. The number of sulfonamides is 1. The fourth-order valence-electron chi connectivity index (χ4n) is 1.93. The van der Waals surface area contributed by atoms with Crippen LogP contribution in [0.15, 0.2) is 53.7 Å². The number of aromatic nitrogens is 2. The number of imidazole rings is 1. The lowest BCUT2D eigenvalue weighted by molar-refractivity contribution is 0.601. The van der Waals surface area contributed by atoms with Gasteiger partial charge in [0.25, 0.3) is 10.0 Å². The smallest absolute Gasteiger partial charge is 0.261 e. The van der Waals surface area contributed by atoms with E-state index in [9.17, 15) is 8.42 Å². The number of nitrogens with one attached hydrogen (secondary N) is 2. The van der Waals surface area contributed by atoms with Gasteiger partial charge in [-0.15, -0.1) is 0 Å². The maximum Gasteiger partial charge on any atom is 0.261 e. The van der Waals surface area contributed by atoms with E-state index in [2.05, 4.69) is 14.7 Å². The largest absolute Gasteiger partial charge is 0.345 e. The third-order valence-corrected chi connectivity index (χ3v) is 4.40. The molecule has 0 atom stereocenters. The van der Waals surface area contributed by atoms with Gasteiger partial charge in [-0.2, -0.15) is 0 Å². The minimum Gasteiger partial charge on any atom is -0.345 e. The van der Waals surface area contributed by atoms with E-state index in [4.69, 9.17) is 0 Å². The fraction of sp³-hybridized carbons (Fsp3) is 0.0714. The minimum atomic E-state index is -3.57. The SMILES string of the molecule is Cc1ccc(S(=O)(=O)Nc2ccc3nc[nH]c3c2)cc1. The van der Waals surface area contributed by atoms with Crippen LogP contribution in [0.4, 0.5) is 5.69 Å². The lowest BCUT2D eigenvalue weighted by Gasteiger charge is -2.08. The molecule has 3 rings (SSSR count). The quantitative estimate of drug-likeness (QED) is 0.777. The van der Waals surface area contributed by atoms with Crippen LogP contribution >= 0.6 is 0 Å². The van der Waals surface area contributed by atoms with Crippen LogP contribution in [0.2, 0.25) is 0 Å². The summed E-state index contributed by atoms with van der Waals surface area (Å²) in [5, 5.41) is 0. The van der Waals surface area contributed by atoms with Crippen molar-refractivity contribution < 1.29 is 8.42 Å². The number of anilines is 1. The second-order valence-corrected chi connectivity index (χ2v) is 6.24. The highest BCUT2D eigenvalue weighted by atomic mass is 32.2. The van der Waals surface area contributed by atoms with E-state index in [0.717, 1.165) is 16.6 Å². The molecule has 0 aliphatic heterocycles. The van der Waals surface area contributed by atoms with Crippen molar-refractivity contribution in [1.29, 1.82) is 0 Å². The number of benzene rings is 2. The van der Waals surface area contributed by atoms with E-state index in [-0.39, 0.29) is 4.90 Å². The van der Waals surface area contributed by atoms with Crippen LogP contribution < -0.4 is 4.72 Å². The van der Waals surface area contributed by atoms with Crippen LogP contribution in [0, 0.1) is 6.92 Å². The molecule has 2 N–H and O–H groups in total. The minimum absolute atomic E-state index is 0.243. The van der Waals surface area contributed by atoms with Crippen LogP contribution in [-0.2, 0) is 10.0 Å². The Morgan fingerprint density at radius 2 is 1.85 bits per heavy atom. The van der Waals surface area contributed by atoms with Crippen molar-refractivity contribution in [1.82, 2.24) is 9.97 Å². The number of aryl methyl sites for hydroxylation is 1. The van der Waals surface area contributed by atoms with Crippen molar-refractivity contribution >= 4 is 26.7 Å². The van der Waals surface area contributed by atoms with Gasteiger partial charge in [-0.1, -0.05) is 17.7 Å². The lowest BCUT2D eigenvalue weighted by atomic mass is 10.2. The first kappa shape index (κ1) is 12.7. The van der Waals surface area contributed by atoms with E-state index in [0.29, 0.717) is 5.69 Å². The predicted molar refractivity (Wildman–Crippen MR) is 78.1 cm³/mol. The first-order valence-electron chi connectivity index (χ1n) is 6.07. The number of hydrogen-bond donors (Lipinski definition) is 2. The third kappa shape index (κ3) is 2.37. The van der Waals surface area contributed by atoms with Crippen LogP contribution in [0.25, 0.3) is 11.0 Å². The first-order valence-corrected chi connectivity index (χ1v) is 7.55. The third-order valence-electron chi connectivity index (χ3n) is 3.00. The molecular formula is C14H13N3O2S. The summed E-state index contributed by atoms with van der Waals surface area (Å²) in [5.41, 5.74) is 3.10. The van der Waals surface area contributed by atoms with Gasteiger partial charge in [0.15, 0.2) is 0 Å². The number of nitrogens with zero attached hydrogens (tertiary/aromatic N) is 1. The summed E-state index contributed by atoms with van der Waals surface area (Å²) in [4.78, 5) is 7.28. The van der Waals surface area contributed by atoms with Crippen molar-refractivity contribution in [2.45, 2.75) is 11.8 Å². The van der Waals surface area contributed by atoms with Crippen molar-refractivity contribution in [3.05, 3.63) is 54.4 Å². The highest BCUT2D eigenvalue weighted by Gasteiger charge is 2.14. The summed E-state index contributed by atoms with van der Waals surface area (Å²) in [7, 11) is -3.57. The van der Waals surface area contributed by atoms with Gasteiger partial charge in [0.1, 0.15) is 0 Å². The highest BCUT2D eigenvalue weighted by molar-refractivity contribution is 7.92. The van der Waals surface area contributed by atoms with Gasteiger partial charge >= 0.3 is 0 Å². The van der Waals surface area contributed by atoms with E-state index in [1.807, 2.05) is 6.92 Å². The molecule has 0 aliphatic carbocycles. The Labute approximate surface area is 116 Å². The molecule has 1 aromatic heterocycles. The summed E-state index contributed by atoms with van der Waals surface area (Å²) in [6.45, 7) is 1.91. The van der Waals surface area contributed by atoms with Gasteiger partial charge in [-0.3, -0.25) is 4.72 Å². The predicted octanol–water partition coefficient (Wildman–Crippen LogP) is 2.67. The van der Waals surface area contributed by atoms with Gasteiger partial charge in [-0.25, -0.2) is 13.4 Å². The zero-order valence-electron chi connectivity index (χ0n) is 10.8. The summed E-state index contributed by atoms with van der Waals surface area (Å²) < 4.78 is 27.1. The van der Waals surface area contributed by atoms with Gasteiger partial charge in [0, 0.05) is 0 Å². The van der Waals surface area contributed by atoms with E-state index < -0.39 is 10.0 Å². The second-order valence-electron chi connectivity index (χ2n) is 4.55. The molecular weight excluding hydrogens is 274 g/mol. The summed E-state index contributed by atoms with van der Waals surface area (Å²) in [6.07, 6.45) is 1.57. The molecule has 0 fully saturated rings. The average molecular weight is 287 g/mol. The number of H-pyrrole nitrogens is 1. The fourth-order valence-corrected chi connectivity index (χ4v) is 2.98. The maximum atomic E-state index is 12.3. The standard InChI is InChI=1S/C14H13N3O2S/c1-10-2-5-12(6-3-10)20(18,19)17-11-4-7-13-14(8-11)16-9-15-13/h2-9,17H,1H3,(H,15,16). The van der Waals surface area contributed by atoms with Gasteiger partial charge in [0.05, 0.1) is 27.9 Å². The van der Waals surface area contributed by atoms with Gasteiger partial charge < -0.3 is 4.98 Å². The summed E-state index contributed by atoms with van der Waals surface area (Å²) >= 11 is 0. The molecule has 6 heteroatoms. The molecule has 0 saturated heterocycles. The molecule has 3 aromatic rings. The molecule has 0 unspecified atom stereocenters. The van der Waals surface area contributed by atoms with Crippen LogP contribution in [0.1, 0.15) is 5.56 Å². The number of rotatable bonds is 3. The Balaban J connectivity index is 1.94. The molecule has 0 spiro atoms. The van der Waals surface area contributed by atoms with E-state index >= 15 is 0 Å². The molecule has 0 bridgehead atoms. The first-order chi connectivity index (χ1) is 9.54. The Morgan fingerprint density at radius 3 is 2.60 bits per heavy atom. The molecule has 1 heterocycles. The molecule has 20 heavy (non-hydrogen) atoms. The molecule has 0 saturated carbocycles. The number of aromatic amines is 1. The van der Waals surface area contributed by atoms with Gasteiger partial charge in [-0.05, 0) is 37.3 Å². The molecule has 0 aliphatic rings. The summed E-state index contributed by atoms with van der Waals surface area (Å²) in [5.74, 6) is 0. The number of fused-ring (bicyclic) bond motifs is 1. The Morgan fingerprint density at radius 1 is 1.10 bits per heavy atom. The van der Waals surface area contributed by atoms with E-state index in [1.54, 1.807) is 48.8 Å². The van der Waals surface area contributed by atoms with Crippen molar-refractivity contribution in [2.24, 2.45) is 0 Å². The van der Waals surface area contributed by atoms with Crippen LogP contribution in [0.5, 0.6) is 0 Å². The zero-order chi connectivity index (χ0) is 14.2. The topological polar surface area (TPSA) is 74.8 Å². The highest BCUT2D eigenvalue weighted by Crippen LogP contribution is 2.19. The van der Waals surface area contributed by atoms with Crippen molar-refractivity contribution in [2.75, 3.05) is 4.72 Å². The Hall–Kier alpha value is -2.34. The molecule has 0 amide bonds.